The number of ether oxygens (including phenoxy) is 2. The van der Waals surface area contributed by atoms with Gasteiger partial charge in [-0.25, -0.2) is 4.79 Å². The smallest absolute Gasteiger partial charge is 0.411 e. The van der Waals surface area contributed by atoms with E-state index in [1.165, 1.54) is 0 Å². The molecule has 1 saturated carbocycles. The Labute approximate surface area is 134 Å². The normalized spacial score (nSPS) is 13.2. The first-order valence-corrected chi connectivity index (χ1v) is 7.50. The van der Waals surface area contributed by atoms with E-state index >= 15 is 0 Å². The predicted octanol–water partition coefficient (Wildman–Crippen LogP) is 3.75. The molecule has 5 nitrogen and oxygen atoms in total. The molecule has 0 bridgehead atoms. The summed E-state index contributed by atoms with van der Waals surface area (Å²) in [7, 11) is 0. The van der Waals surface area contributed by atoms with Crippen LogP contribution in [-0.4, -0.2) is 12.1 Å². The number of rotatable bonds is 5. The van der Waals surface area contributed by atoms with Gasteiger partial charge in [-0.2, -0.15) is 0 Å². The molecule has 0 unspecified atom stereocenters. The number of benzene rings is 2. The van der Waals surface area contributed by atoms with Crippen molar-refractivity contribution < 1.29 is 19.1 Å². The molecule has 1 amide bonds. The van der Waals surface area contributed by atoms with Crippen molar-refractivity contribution in [3.05, 3.63) is 60.2 Å². The summed E-state index contributed by atoms with van der Waals surface area (Å²) in [5.41, 5.74) is 1.50. The van der Waals surface area contributed by atoms with Crippen LogP contribution in [0.2, 0.25) is 0 Å². The maximum atomic E-state index is 11.7. The average molecular weight is 311 g/mol. The van der Waals surface area contributed by atoms with Crippen molar-refractivity contribution in [3.8, 4) is 5.75 Å². The zero-order chi connectivity index (χ0) is 16.1. The Bertz CT molecular complexity index is 678. The minimum Gasteiger partial charge on any atom is -0.444 e. The second-order valence-corrected chi connectivity index (χ2v) is 5.41. The van der Waals surface area contributed by atoms with Crippen molar-refractivity contribution in [1.29, 1.82) is 0 Å². The zero-order valence-electron chi connectivity index (χ0n) is 12.5. The Morgan fingerprint density at radius 2 is 1.70 bits per heavy atom. The summed E-state index contributed by atoms with van der Waals surface area (Å²) in [4.78, 5) is 23.3. The molecule has 0 heterocycles. The number of anilines is 1. The predicted molar refractivity (Wildman–Crippen MR) is 85.1 cm³/mol. The molecule has 0 aliphatic heterocycles. The summed E-state index contributed by atoms with van der Waals surface area (Å²) >= 11 is 0. The first-order valence-electron chi connectivity index (χ1n) is 7.50. The second-order valence-electron chi connectivity index (χ2n) is 5.41. The van der Waals surface area contributed by atoms with Crippen molar-refractivity contribution in [2.75, 3.05) is 5.32 Å². The van der Waals surface area contributed by atoms with Gasteiger partial charge in [0.1, 0.15) is 12.4 Å². The first kappa shape index (κ1) is 15.1. The van der Waals surface area contributed by atoms with Gasteiger partial charge in [0, 0.05) is 5.69 Å². The van der Waals surface area contributed by atoms with Gasteiger partial charge in [0.15, 0.2) is 0 Å². The van der Waals surface area contributed by atoms with Crippen molar-refractivity contribution in [2.45, 2.75) is 19.4 Å². The van der Waals surface area contributed by atoms with Crippen LogP contribution in [0, 0.1) is 5.92 Å². The van der Waals surface area contributed by atoms with Gasteiger partial charge in [-0.3, -0.25) is 10.1 Å². The van der Waals surface area contributed by atoms with Gasteiger partial charge in [-0.15, -0.1) is 0 Å². The van der Waals surface area contributed by atoms with E-state index < -0.39 is 6.09 Å². The van der Waals surface area contributed by atoms with E-state index in [0.29, 0.717) is 11.4 Å². The highest BCUT2D eigenvalue weighted by atomic mass is 16.5. The summed E-state index contributed by atoms with van der Waals surface area (Å²) in [6.07, 6.45) is 1.29. The fourth-order valence-electron chi connectivity index (χ4n) is 2.00. The molecule has 5 heteroatoms. The van der Waals surface area contributed by atoms with Gasteiger partial charge < -0.3 is 9.47 Å². The number of hydrogen-bond donors (Lipinski definition) is 1. The van der Waals surface area contributed by atoms with Gasteiger partial charge in [-0.05, 0) is 42.7 Å². The monoisotopic (exact) mass is 311 g/mol. The Kier molecular flexibility index (Phi) is 4.57. The Morgan fingerprint density at radius 3 is 2.35 bits per heavy atom. The topological polar surface area (TPSA) is 64.6 Å². The summed E-state index contributed by atoms with van der Waals surface area (Å²) in [5, 5.41) is 2.63. The maximum Gasteiger partial charge on any atom is 0.411 e. The molecule has 1 aliphatic carbocycles. The molecule has 2 aromatic rings. The van der Waals surface area contributed by atoms with Crippen molar-refractivity contribution in [1.82, 2.24) is 0 Å². The van der Waals surface area contributed by atoms with Crippen molar-refractivity contribution in [3.63, 3.8) is 0 Å². The molecule has 0 spiro atoms. The largest absolute Gasteiger partial charge is 0.444 e. The zero-order valence-corrected chi connectivity index (χ0v) is 12.5. The highest BCUT2D eigenvalue weighted by molar-refractivity contribution is 5.84. The lowest BCUT2D eigenvalue weighted by atomic mass is 10.2. The summed E-state index contributed by atoms with van der Waals surface area (Å²) < 4.78 is 10.4. The first-order chi connectivity index (χ1) is 11.2. The van der Waals surface area contributed by atoms with Crippen LogP contribution in [0.5, 0.6) is 5.75 Å². The molecule has 23 heavy (non-hydrogen) atoms. The summed E-state index contributed by atoms with van der Waals surface area (Å²) in [6, 6.07) is 16.1. The number of carbonyl (C=O) groups is 2. The van der Waals surface area contributed by atoms with Crippen LogP contribution >= 0.6 is 0 Å². The van der Waals surface area contributed by atoms with Gasteiger partial charge >= 0.3 is 12.1 Å². The fraction of sp³-hybridized carbons (Fsp3) is 0.222. The molecular formula is C18H17NO4. The lowest BCUT2D eigenvalue weighted by molar-refractivity contribution is -0.135. The van der Waals surface area contributed by atoms with E-state index in [1.807, 2.05) is 30.3 Å². The average Bonchev–Trinajstić information content (AvgIpc) is 3.41. The molecule has 3 rings (SSSR count). The minimum atomic E-state index is -0.531. The molecule has 1 fully saturated rings. The Hall–Kier alpha value is -2.82. The van der Waals surface area contributed by atoms with Gasteiger partial charge in [0.2, 0.25) is 0 Å². The lowest BCUT2D eigenvalue weighted by Gasteiger charge is -2.08. The molecule has 1 N–H and O–H groups in total. The van der Waals surface area contributed by atoms with Gasteiger partial charge in [-0.1, -0.05) is 30.3 Å². The van der Waals surface area contributed by atoms with Crippen LogP contribution in [-0.2, 0) is 16.1 Å². The maximum absolute atomic E-state index is 11.7. The summed E-state index contributed by atoms with van der Waals surface area (Å²) in [5.74, 6) is 0.346. The number of amides is 1. The molecule has 0 radical (unpaired) electrons. The fourth-order valence-corrected chi connectivity index (χ4v) is 2.00. The summed E-state index contributed by atoms with van der Waals surface area (Å²) in [6.45, 7) is 0.212. The van der Waals surface area contributed by atoms with Crippen LogP contribution in [0.15, 0.2) is 54.6 Å². The highest BCUT2D eigenvalue weighted by Crippen LogP contribution is 2.31. The van der Waals surface area contributed by atoms with Gasteiger partial charge in [0.05, 0.1) is 5.92 Å². The van der Waals surface area contributed by atoms with E-state index in [2.05, 4.69) is 5.32 Å². The number of carbonyl (C=O) groups excluding carboxylic acids is 2. The molecule has 2 aromatic carbocycles. The minimum absolute atomic E-state index is 0.0563. The van der Waals surface area contributed by atoms with E-state index in [0.717, 1.165) is 18.4 Å². The molecule has 1 aliphatic rings. The molecule has 0 saturated heterocycles. The Morgan fingerprint density at radius 1 is 1.00 bits per heavy atom. The Balaban J connectivity index is 1.47. The third kappa shape index (κ3) is 4.57. The molecule has 118 valence electrons. The number of nitrogens with one attached hydrogen (secondary N) is 1. The third-order valence-electron chi connectivity index (χ3n) is 3.44. The van der Waals surface area contributed by atoms with Crippen LogP contribution in [0.4, 0.5) is 10.5 Å². The van der Waals surface area contributed by atoms with E-state index in [1.54, 1.807) is 24.3 Å². The van der Waals surface area contributed by atoms with Crippen LogP contribution in [0.3, 0.4) is 0 Å². The SMILES string of the molecule is O=C(Nc1ccc(OC(=O)C2CC2)cc1)OCc1ccccc1. The van der Waals surface area contributed by atoms with E-state index in [4.69, 9.17) is 9.47 Å². The van der Waals surface area contributed by atoms with Crippen LogP contribution in [0.1, 0.15) is 18.4 Å². The van der Waals surface area contributed by atoms with Crippen molar-refractivity contribution in [2.24, 2.45) is 5.92 Å². The standard InChI is InChI=1S/C18H17NO4/c20-17(14-6-7-14)23-16-10-8-15(9-11-16)19-18(21)22-12-13-4-2-1-3-5-13/h1-5,8-11,14H,6-7,12H2,(H,19,21). The second kappa shape index (κ2) is 6.96. The molecule has 0 atom stereocenters. The number of hydrogen-bond acceptors (Lipinski definition) is 4. The molecule has 0 aromatic heterocycles. The number of esters is 1. The molecular weight excluding hydrogens is 294 g/mol. The van der Waals surface area contributed by atoms with Crippen LogP contribution in [0.25, 0.3) is 0 Å². The van der Waals surface area contributed by atoms with E-state index in [-0.39, 0.29) is 18.5 Å². The third-order valence-corrected chi connectivity index (χ3v) is 3.44. The van der Waals surface area contributed by atoms with E-state index in [9.17, 15) is 9.59 Å². The van der Waals surface area contributed by atoms with Gasteiger partial charge in [0.25, 0.3) is 0 Å². The highest BCUT2D eigenvalue weighted by Gasteiger charge is 2.31. The van der Waals surface area contributed by atoms with Crippen LogP contribution < -0.4 is 10.1 Å². The quantitative estimate of drug-likeness (QED) is 0.674. The lowest BCUT2D eigenvalue weighted by Crippen LogP contribution is -2.13. The van der Waals surface area contributed by atoms with Crippen molar-refractivity contribution >= 4 is 17.7 Å².